The van der Waals surface area contributed by atoms with Gasteiger partial charge >= 0.3 is 6.30 Å². The number of hydrazine groups is 1. The summed E-state index contributed by atoms with van der Waals surface area (Å²) in [7, 11) is 3.10. The Morgan fingerprint density at radius 3 is 2.48 bits per heavy atom. The van der Waals surface area contributed by atoms with Crippen molar-refractivity contribution in [2.24, 2.45) is 7.05 Å². The molecule has 0 saturated carbocycles. The lowest BCUT2D eigenvalue weighted by atomic mass is 10.1. The first kappa shape index (κ1) is 26.6. The van der Waals surface area contributed by atoms with Crippen LogP contribution in [0.1, 0.15) is 22.8 Å². The van der Waals surface area contributed by atoms with Crippen molar-refractivity contribution in [3.05, 3.63) is 71.8 Å². The Morgan fingerprint density at radius 1 is 1.07 bits per heavy atom. The number of nitrogen functional groups attached to an aromatic ring is 1. The second kappa shape index (κ2) is 9.63. The molecule has 0 aliphatic carbocycles. The van der Waals surface area contributed by atoms with Gasteiger partial charge < -0.3 is 5.73 Å². The zero-order chi connectivity index (χ0) is 28.9. The van der Waals surface area contributed by atoms with Gasteiger partial charge in [0.25, 0.3) is 5.91 Å². The number of pyridine rings is 1. The van der Waals surface area contributed by atoms with E-state index in [9.17, 15) is 22.8 Å². The van der Waals surface area contributed by atoms with E-state index in [2.05, 4.69) is 15.2 Å². The van der Waals surface area contributed by atoms with Crippen molar-refractivity contribution < 1.29 is 27.2 Å². The molecule has 206 valence electrons. The first-order chi connectivity index (χ1) is 18.8. The van der Waals surface area contributed by atoms with E-state index < -0.39 is 23.9 Å². The molecule has 0 atom stereocenters. The Hall–Kier alpha value is -5.01. The molecule has 0 spiro atoms. The number of nitrogens with two attached hydrogens (primary N) is 1. The quantitative estimate of drug-likeness (QED) is 0.263. The molecule has 2 N–H and O–H groups in total. The van der Waals surface area contributed by atoms with Crippen molar-refractivity contribution in [1.29, 1.82) is 0 Å². The number of aryl methyl sites for hydroxylation is 1. The second-order valence-electron chi connectivity index (χ2n) is 9.08. The third-order valence-corrected chi connectivity index (χ3v) is 6.52. The number of anilines is 1. The van der Waals surface area contributed by atoms with Gasteiger partial charge in [0.1, 0.15) is 11.6 Å². The molecule has 2 aromatic carbocycles. The predicted molar refractivity (Wildman–Crippen MR) is 138 cm³/mol. The lowest BCUT2D eigenvalue weighted by Crippen LogP contribution is -2.46. The van der Waals surface area contributed by atoms with Crippen LogP contribution in [0.25, 0.3) is 33.1 Å². The van der Waals surface area contributed by atoms with E-state index in [0.717, 1.165) is 28.3 Å². The Kier molecular flexibility index (Phi) is 6.40. The molecule has 0 fully saturated rings. The number of fused-ring (bicyclic) bond motifs is 3. The fourth-order valence-electron chi connectivity index (χ4n) is 4.34. The zero-order valence-corrected chi connectivity index (χ0v) is 21.4. The van der Waals surface area contributed by atoms with Gasteiger partial charge in [0, 0.05) is 49.3 Å². The summed E-state index contributed by atoms with van der Waals surface area (Å²) < 4.78 is 55.3. The Morgan fingerprint density at radius 2 is 1.82 bits per heavy atom. The van der Waals surface area contributed by atoms with Gasteiger partial charge in [-0.15, -0.1) is 13.2 Å². The molecule has 0 radical (unpaired) electrons. The Labute approximate surface area is 224 Å². The van der Waals surface area contributed by atoms with Gasteiger partial charge in [0.2, 0.25) is 5.91 Å². The topological polar surface area (TPSA) is 115 Å². The molecule has 0 aliphatic heterocycles. The molecular weight excluding hydrogens is 532 g/mol. The average Bonchev–Trinajstić information content (AvgIpc) is 3.55. The molecule has 40 heavy (non-hydrogen) atoms. The van der Waals surface area contributed by atoms with Crippen molar-refractivity contribution in [3.63, 3.8) is 0 Å². The van der Waals surface area contributed by atoms with Crippen LogP contribution in [0.5, 0.6) is 0 Å². The number of halogens is 4. The van der Waals surface area contributed by atoms with Gasteiger partial charge in [-0.25, -0.2) is 14.4 Å². The molecule has 0 bridgehead atoms. The van der Waals surface area contributed by atoms with E-state index in [1.807, 2.05) is 0 Å². The summed E-state index contributed by atoms with van der Waals surface area (Å²) in [5.41, 5.74) is 7.51. The molecular formula is C26H22F4N8O2. The number of hydrogen-bond acceptors (Lipinski definition) is 6. The van der Waals surface area contributed by atoms with E-state index in [4.69, 9.17) is 5.73 Å². The van der Waals surface area contributed by atoms with Crippen molar-refractivity contribution in [2.45, 2.75) is 19.8 Å². The van der Waals surface area contributed by atoms with Gasteiger partial charge in [-0.3, -0.25) is 19.3 Å². The number of nitrogens with zero attached hydrogens (tertiary/aromatic N) is 7. The minimum absolute atomic E-state index is 0.0321. The van der Waals surface area contributed by atoms with Crippen LogP contribution in [0, 0.1) is 5.82 Å². The van der Waals surface area contributed by atoms with E-state index >= 15 is 4.39 Å². The summed E-state index contributed by atoms with van der Waals surface area (Å²) in [6.45, 7) is 0.917. The number of rotatable bonds is 4. The summed E-state index contributed by atoms with van der Waals surface area (Å²) >= 11 is 0. The summed E-state index contributed by atoms with van der Waals surface area (Å²) in [6, 6.07) is 9.61. The van der Waals surface area contributed by atoms with Crippen LogP contribution in [-0.2, 0) is 24.7 Å². The highest BCUT2D eigenvalue weighted by Gasteiger charge is 2.32. The standard InChI is InChI=1S/C26H22F4N8O2/c1-14(39)36(3)37(13-17-5-4-15(11-20(17)27)21-8-9-38(34-21)26(28,29)30)25(40)16-6-7-22-18(10-16)23-19(24(31)33-22)12-32-35(23)2/h4-12H,13H2,1-3H3,(H2,31,33). The van der Waals surface area contributed by atoms with Crippen LogP contribution in [0.2, 0.25) is 0 Å². The number of hydrogen-bond donors (Lipinski definition) is 1. The Bertz CT molecular complexity index is 1790. The van der Waals surface area contributed by atoms with Crippen LogP contribution in [0.15, 0.2) is 54.9 Å². The maximum atomic E-state index is 15.2. The molecule has 5 aromatic rings. The van der Waals surface area contributed by atoms with Crippen molar-refractivity contribution in [3.8, 4) is 11.3 Å². The predicted octanol–water partition coefficient (Wildman–Crippen LogP) is 4.22. The monoisotopic (exact) mass is 554 g/mol. The largest absolute Gasteiger partial charge is 0.504 e. The highest BCUT2D eigenvalue weighted by atomic mass is 19.4. The highest BCUT2D eigenvalue weighted by molar-refractivity contribution is 6.10. The van der Waals surface area contributed by atoms with E-state index in [1.54, 1.807) is 30.1 Å². The third-order valence-electron chi connectivity index (χ3n) is 6.52. The van der Waals surface area contributed by atoms with Gasteiger partial charge in [0.15, 0.2) is 0 Å². The normalized spacial score (nSPS) is 11.8. The molecule has 3 heterocycles. The molecule has 2 amide bonds. The highest BCUT2D eigenvalue weighted by Crippen LogP contribution is 2.29. The number of aromatic nitrogens is 5. The lowest BCUT2D eigenvalue weighted by molar-refractivity contribution is -0.212. The van der Waals surface area contributed by atoms with Crippen molar-refractivity contribution in [1.82, 2.24) is 34.6 Å². The second-order valence-corrected chi connectivity index (χ2v) is 9.08. The maximum Gasteiger partial charge on any atom is 0.504 e. The van der Waals surface area contributed by atoms with E-state index in [1.165, 1.54) is 32.2 Å². The number of amides is 2. The van der Waals surface area contributed by atoms with Gasteiger partial charge in [-0.1, -0.05) is 12.1 Å². The van der Waals surface area contributed by atoms with Crippen molar-refractivity contribution in [2.75, 3.05) is 12.8 Å². The molecule has 0 saturated heterocycles. The van der Waals surface area contributed by atoms with Crippen LogP contribution >= 0.6 is 0 Å². The molecule has 0 unspecified atom stereocenters. The third kappa shape index (κ3) is 4.67. The molecule has 10 nitrogen and oxygen atoms in total. The summed E-state index contributed by atoms with van der Waals surface area (Å²) in [6.07, 6.45) is -2.40. The van der Waals surface area contributed by atoms with Crippen LogP contribution in [0.4, 0.5) is 23.4 Å². The summed E-state index contributed by atoms with van der Waals surface area (Å²) in [5, 5.41) is 11.0. The number of carbonyl (C=O) groups excluding carboxylic acids is 2. The first-order valence-corrected chi connectivity index (χ1v) is 11.8. The molecule has 14 heteroatoms. The van der Waals surface area contributed by atoms with Gasteiger partial charge in [-0.2, -0.15) is 14.9 Å². The molecule has 3 aromatic heterocycles. The lowest BCUT2D eigenvalue weighted by Gasteiger charge is -2.31. The minimum Gasteiger partial charge on any atom is -0.383 e. The minimum atomic E-state index is -4.71. The summed E-state index contributed by atoms with van der Waals surface area (Å²) in [4.78, 5) is 30.3. The van der Waals surface area contributed by atoms with Gasteiger partial charge in [0.05, 0.1) is 34.9 Å². The van der Waals surface area contributed by atoms with Crippen LogP contribution < -0.4 is 5.73 Å². The Balaban J connectivity index is 1.50. The zero-order valence-electron chi connectivity index (χ0n) is 21.4. The number of benzene rings is 2. The van der Waals surface area contributed by atoms with E-state index in [0.29, 0.717) is 21.8 Å². The fraction of sp³-hybridized carbons (Fsp3) is 0.192. The van der Waals surface area contributed by atoms with Crippen LogP contribution in [0.3, 0.4) is 0 Å². The molecule has 0 aliphatic rings. The van der Waals surface area contributed by atoms with Crippen LogP contribution in [-0.4, -0.2) is 53.4 Å². The fourth-order valence-corrected chi connectivity index (χ4v) is 4.34. The number of carbonyl (C=O) groups is 2. The van der Waals surface area contributed by atoms with Crippen molar-refractivity contribution >= 4 is 39.4 Å². The smallest absolute Gasteiger partial charge is 0.383 e. The first-order valence-electron chi connectivity index (χ1n) is 11.8. The SMILES string of the molecule is CC(=O)N(C)N(Cc1ccc(-c2ccn(C(F)(F)F)n2)cc1F)C(=O)c1ccc2nc(N)c3cnn(C)c3c2c1. The van der Waals surface area contributed by atoms with Gasteiger partial charge in [-0.05, 0) is 30.3 Å². The maximum absolute atomic E-state index is 15.2. The molecule has 5 rings (SSSR count). The average molecular weight is 555 g/mol. The number of alkyl halides is 3. The van der Waals surface area contributed by atoms with E-state index in [-0.39, 0.29) is 39.4 Å². The summed E-state index contributed by atoms with van der Waals surface area (Å²) in [5.74, 6) is -1.58.